The van der Waals surface area contributed by atoms with Gasteiger partial charge in [0.1, 0.15) is 0 Å². The summed E-state index contributed by atoms with van der Waals surface area (Å²) in [6.45, 7) is 4.44. The topological polar surface area (TPSA) is 65.0 Å². The third-order valence-corrected chi connectivity index (χ3v) is 6.62. The van der Waals surface area contributed by atoms with Crippen LogP contribution in [0.15, 0.2) is 35.3 Å². The fourth-order valence-electron chi connectivity index (χ4n) is 3.42. The van der Waals surface area contributed by atoms with Gasteiger partial charge in [-0.05, 0) is 24.5 Å². The van der Waals surface area contributed by atoms with E-state index in [9.17, 15) is 8.42 Å². The van der Waals surface area contributed by atoms with Gasteiger partial charge in [0, 0.05) is 45.5 Å². The molecule has 1 atom stereocenters. The minimum atomic E-state index is -2.81. The van der Waals surface area contributed by atoms with Crippen LogP contribution in [0.5, 0.6) is 0 Å². The van der Waals surface area contributed by atoms with Gasteiger partial charge in [-0.2, -0.15) is 0 Å². The molecule has 0 aliphatic carbocycles. The highest BCUT2D eigenvalue weighted by atomic mass is 127. The lowest BCUT2D eigenvalue weighted by Crippen LogP contribution is -2.53. The molecule has 25 heavy (non-hydrogen) atoms. The second-order valence-electron chi connectivity index (χ2n) is 6.51. The Morgan fingerprint density at radius 1 is 1.20 bits per heavy atom. The van der Waals surface area contributed by atoms with Crippen LogP contribution in [-0.2, 0) is 9.84 Å². The summed E-state index contributed by atoms with van der Waals surface area (Å²) in [6.07, 6.45) is 0.758. The van der Waals surface area contributed by atoms with Gasteiger partial charge in [0.25, 0.3) is 0 Å². The van der Waals surface area contributed by atoms with Crippen molar-refractivity contribution in [3.63, 3.8) is 0 Å². The number of aliphatic imine (C=N–C) groups is 1. The standard InChI is InChI=1S/C17H26N4O2S.HI/c1-18-17(19-13-15-7-12-24(22,23)14-15)21-10-8-20(9-11-21)16-5-3-2-4-6-16;/h2-6,15H,7-14H2,1H3,(H,18,19);1H. The van der Waals surface area contributed by atoms with Gasteiger partial charge in [-0.25, -0.2) is 8.42 Å². The first-order chi connectivity index (χ1) is 11.6. The highest BCUT2D eigenvalue weighted by Crippen LogP contribution is 2.18. The van der Waals surface area contributed by atoms with E-state index in [1.807, 2.05) is 6.07 Å². The lowest BCUT2D eigenvalue weighted by molar-refractivity contribution is 0.369. The zero-order chi connectivity index (χ0) is 17.0. The molecular formula is C17H27IN4O2S. The molecule has 0 bridgehead atoms. The number of hydrogen-bond acceptors (Lipinski definition) is 4. The lowest BCUT2D eigenvalue weighted by Gasteiger charge is -2.37. The number of hydrogen-bond donors (Lipinski definition) is 1. The average Bonchev–Trinajstić information content (AvgIpc) is 2.96. The van der Waals surface area contributed by atoms with E-state index in [4.69, 9.17) is 0 Å². The van der Waals surface area contributed by atoms with E-state index in [0.717, 1.165) is 38.6 Å². The summed E-state index contributed by atoms with van der Waals surface area (Å²) in [4.78, 5) is 9.01. The molecule has 1 unspecified atom stereocenters. The Hall–Kier alpha value is -1.03. The maximum atomic E-state index is 11.6. The molecule has 1 N–H and O–H groups in total. The van der Waals surface area contributed by atoms with E-state index in [1.165, 1.54) is 5.69 Å². The van der Waals surface area contributed by atoms with Crippen LogP contribution < -0.4 is 10.2 Å². The van der Waals surface area contributed by atoms with Crippen LogP contribution in [0.4, 0.5) is 5.69 Å². The Kier molecular flexibility index (Phi) is 7.36. The molecule has 6 nitrogen and oxygen atoms in total. The molecule has 0 aromatic heterocycles. The number of para-hydroxylation sites is 1. The predicted octanol–water partition coefficient (Wildman–Crippen LogP) is 1.44. The highest BCUT2D eigenvalue weighted by molar-refractivity contribution is 14.0. The van der Waals surface area contributed by atoms with E-state index in [-0.39, 0.29) is 29.9 Å². The summed E-state index contributed by atoms with van der Waals surface area (Å²) in [5.41, 5.74) is 1.26. The molecule has 140 valence electrons. The van der Waals surface area contributed by atoms with Gasteiger partial charge < -0.3 is 15.1 Å². The average molecular weight is 478 g/mol. The second kappa shape index (κ2) is 9.07. The molecular weight excluding hydrogens is 451 g/mol. The van der Waals surface area contributed by atoms with Crippen molar-refractivity contribution in [2.75, 3.05) is 56.2 Å². The molecule has 2 aliphatic rings. The van der Waals surface area contributed by atoms with Crippen LogP contribution in [0.1, 0.15) is 6.42 Å². The molecule has 2 saturated heterocycles. The largest absolute Gasteiger partial charge is 0.368 e. The second-order valence-corrected chi connectivity index (χ2v) is 8.74. The number of piperazine rings is 1. The first kappa shape index (κ1) is 20.3. The van der Waals surface area contributed by atoms with Crippen molar-refractivity contribution in [3.8, 4) is 0 Å². The Bertz CT molecular complexity index is 673. The first-order valence-electron chi connectivity index (χ1n) is 8.53. The third-order valence-electron chi connectivity index (χ3n) is 4.79. The third kappa shape index (κ3) is 5.47. The zero-order valence-electron chi connectivity index (χ0n) is 14.6. The first-order valence-corrected chi connectivity index (χ1v) is 10.4. The van der Waals surface area contributed by atoms with E-state index in [1.54, 1.807) is 7.05 Å². The van der Waals surface area contributed by atoms with Gasteiger partial charge in [0.15, 0.2) is 15.8 Å². The van der Waals surface area contributed by atoms with Gasteiger partial charge in [-0.1, -0.05) is 18.2 Å². The molecule has 0 saturated carbocycles. The fraction of sp³-hybridized carbons (Fsp3) is 0.588. The molecule has 0 radical (unpaired) electrons. The number of anilines is 1. The van der Waals surface area contributed by atoms with Crippen LogP contribution in [-0.4, -0.2) is 70.6 Å². The molecule has 1 aromatic carbocycles. The van der Waals surface area contributed by atoms with Gasteiger partial charge >= 0.3 is 0 Å². The van der Waals surface area contributed by atoms with Gasteiger partial charge in [-0.3, -0.25) is 4.99 Å². The van der Waals surface area contributed by atoms with E-state index in [2.05, 4.69) is 44.4 Å². The van der Waals surface area contributed by atoms with Crippen molar-refractivity contribution >= 4 is 45.5 Å². The molecule has 1 aromatic rings. The minimum absolute atomic E-state index is 0. The van der Waals surface area contributed by atoms with E-state index >= 15 is 0 Å². The Morgan fingerprint density at radius 2 is 1.88 bits per heavy atom. The van der Waals surface area contributed by atoms with Crippen molar-refractivity contribution in [2.24, 2.45) is 10.9 Å². The molecule has 3 rings (SSSR count). The van der Waals surface area contributed by atoms with Crippen molar-refractivity contribution < 1.29 is 8.42 Å². The van der Waals surface area contributed by atoms with Crippen LogP contribution >= 0.6 is 24.0 Å². The predicted molar refractivity (Wildman–Crippen MR) is 114 cm³/mol. The van der Waals surface area contributed by atoms with Gasteiger partial charge in [0.2, 0.25) is 0 Å². The van der Waals surface area contributed by atoms with Gasteiger partial charge in [0.05, 0.1) is 11.5 Å². The highest BCUT2D eigenvalue weighted by Gasteiger charge is 2.28. The summed E-state index contributed by atoms with van der Waals surface area (Å²) in [5.74, 6) is 1.72. The number of guanidine groups is 1. The van der Waals surface area contributed by atoms with Gasteiger partial charge in [-0.15, -0.1) is 24.0 Å². The number of nitrogens with zero attached hydrogens (tertiary/aromatic N) is 3. The summed E-state index contributed by atoms with van der Waals surface area (Å²) in [5, 5.41) is 3.37. The number of benzene rings is 1. The minimum Gasteiger partial charge on any atom is -0.368 e. The lowest BCUT2D eigenvalue weighted by atomic mass is 10.1. The van der Waals surface area contributed by atoms with Crippen molar-refractivity contribution in [2.45, 2.75) is 6.42 Å². The molecule has 2 heterocycles. The SMILES string of the molecule is CN=C(NCC1CCS(=O)(=O)C1)N1CCN(c2ccccc2)CC1.I. The van der Waals surface area contributed by atoms with Crippen LogP contribution in [0, 0.1) is 5.92 Å². The maximum Gasteiger partial charge on any atom is 0.193 e. The van der Waals surface area contributed by atoms with Crippen molar-refractivity contribution in [1.82, 2.24) is 10.2 Å². The number of halogens is 1. The molecule has 8 heteroatoms. The Balaban J connectivity index is 0.00000225. The number of nitrogens with one attached hydrogen (secondary N) is 1. The monoisotopic (exact) mass is 478 g/mol. The smallest absolute Gasteiger partial charge is 0.193 e. The summed E-state index contributed by atoms with van der Waals surface area (Å²) in [6, 6.07) is 10.5. The van der Waals surface area contributed by atoms with Crippen molar-refractivity contribution in [1.29, 1.82) is 0 Å². The summed E-state index contributed by atoms with van der Waals surface area (Å²) < 4.78 is 23.1. The molecule has 0 amide bonds. The quantitative estimate of drug-likeness (QED) is 0.405. The van der Waals surface area contributed by atoms with Crippen LogP contribution in [0.25, 0.3) is 0 Å². The van der Waals surface area contributed by atoms with Crippen LogP contribution in [0.3, 0.4) is 0 Å². The Morgan fingerprint density at radius 3 is 2.44 bits per heavy atom. The van der Waals surface area contributed by atoms with Crippen molar-refractivity contribution in [3.05, 3.63) is 30.3 Å². The fourth-order valence-corrected chi connectivity index (χ4v) is 5.28. The van der Waals surface area contributed by atoms with Crippen LogP contribution in [0.2, 0.25) is 0 Å². The Labute approximate surface area is 167 Å². The summed E-state index contributed by atoms with van der Waals surface area (Å²) >= 11 is 0. The summed E-state index contributed by atoms with van der Waals surface area (Å²) in [7, 11) is -1.02. The maximum absolute atomic E-state index is 11.6. The molecule has 0 spiro atoms. The van der Waals surface area contributed by atoms with E-state index in [0.29, 0.717) is 18.1 Å². The number of rotatable bonds is 3. The molecule has 2 aliphatic heterocycles. The normalized spacial score (nSPS) is 23.2. The zero-order valence-corrected chi connectivity index (χ0v) is 17.7. The number of sulfone groups is 1. The van der Waals surface area contributed by atoms with E-state index < -0.39 is 9.84 Å². The molecule has 2 fully saturated rings.